The number of hydrogen-bond acceptors (Lipinski definition) is 4. The third kappa shape index (κ3) is 4.01. The van der Waals surface area contributed by atoms with Gasteiger partial charge in [-0.05, 0) is 48.1 Å². The fraction of sp³-hybridized carbons (Fsp3) is 0.333. The van der Waals surface area contributed by atoms with Crippen LogP contribution in [0.15, 0.2) is 35.7 Å². The number of aliphatic hydroxyl groups is 1. The summed E-state index contributed by atoms with van der Waals surface area (Å²) in [4.78, 5) is 24.8. The van der Waals surface area contributed by atoms with Crippen LogP contribution in [0.25, 0.3) is 0 Å². The molecule has 3 rings (SSSR count). The molecule has 5 nitrogen and oxygen atoms in total. The number of carbonyl (C=O) groups is 2. The maximum absolute atomic E-state index is 12.0. The van der Waals surface area contributed by atoms with Crippen LogP contribution in [0.1, 0.15) is 27.2 Å². The van der Waals surface area contributed by atoms with Crippen molar-refractivity contribution in [2.45, 2.75) is 19.3 Å². The Morgan fingerprint density at radius 2 is 2.17 bits per heavy atom. The smallest absolute Gasteiger partial charge is 0.319 e. The van der Waals surface area contributed by atoms with Crippen LogP contribution in [0.3, 0.4) is 0 Å². The van der Waals surface area contributed by atoms with Crippen LogP contribution in [0.5, 0.6) is 0 Å². The summed E-state index contributed by atoms with van der Waals surface area (Å²) in [5, 5.41) is 17.0. The van der Waals surface area contributed by atoms with Crippen LogP contribution in [0, 0.1) is 5.92 Å². The van der Waals surface area contributed by atoms with Crippen molar-refractivity contribution in [3.63, 3.8) is 0 Å². The minimum Gasteiger partial charge on any atom is -0.396 e. The molecule has 1 atom stereocenters. The SMILES string of the molecule is O=C(NC[C@@H](CO)Cc1cccs1)Nc1ccc2c(c1)CCC2=O. The van der Waals surface area contributed by atoms with Gasteiger partial charge in [0.2, 0.25) is 0 Å². The van der Waals surface area contributed by atoms with Gasteiger partial charge in [0.05, 0.1) is 0 Å². The number of urea groups is 1. The molecule has 3 N–H and O–H groups in total. The van der Waals surface area contributed by atoms with Crippen molar-refractivity contribution in [2.24, 2.45) is 5.92 Å². The molecular weight excluding hydrogens is 324 g/mol. The normalized spacial score (nSPS) is 14.3. The average molecular weight is 344 g/mol. The number of fused-ring (bicyclic) bond motifs is 1. The van der Waals surface area contributed by atoms with Gasteiger partial charge in [0, 0.05) is 41.6 Å². The molecule has 0 bridgehead atoms. The first-order valence-corrected chi connectivity index (χ1v) is 8.88. The lowest BCUT2D eigenvalue weighted by atomic mass is 10.1. The summed E-state index contributed by atoms with van der Waals surface area (Å²) in [6.07, 6.45) is 2.03. The second-order valence-electron chi connectivity index (χ2n) is 5.96. The third-order valence-electron chi connectivity index (χ3n) is 4.16. The summed E-state index contributed by atoms with van der Waals surface area (Å²) in [6.45, 7) is 0.433. The summed E-state index contributed by atoms with van der Waals surface area (Å²) in [7, 11) is 0. The summed E-state index contributed by atoms with van der Waals surface area (Å²) < 4.78 is 0. The molecular formula is C18H20N2O3S. The number of amides is 2. The largest absolute Gasteiger partial charge is 0.396 e. The topological polar surface area (TPSA) is 78.4 Å². The van der Waals surface area contributed by atoms with Crippen molar-refractivity contribution in [3.8, 4) is 0 Å². The molecule has 1 aromatic heterocycles. The first-order valence-electron chi connectivity index (χ1n) is 8.00. The Morgan fingerprint density at radius 3 is 2.92 bits per heavy atom. The summed E-state index contributed by atoms with van der Waals surface area (Å²) in [6, 6.07) is 9.08. The van der Waals surface area contributed by atoms with Crippen LogP contribution in [0.4, 0.5) is 10.5 Å². The predicted molar refractivity (Wildman–Crippen MR) is 94.7 cm³/mol. The van der Waals surface area contributed by atoms with Crippen molar-refractivity contribution in [2.75, 3.05) is 18.5 Å². The molecule has 1 aliphatic rings. The molecule has 0 fully saturated rings. The lowest BCUT2D eigenvalue weighted by molar-refractivity contribution is 0.0994. The van der Waals surface area contributed by atoms with Crippen LogP contribution in [-0.2, 0) is 12.8 Å². The van der Waals surface area contributed by atoms with E-state index in [1.807, 2.05) is 23.6 Å². The number of hydrogen-bond donors (Lipinski definition) is 3. The van der Waals surface area contributed by atoms with Crippen molar-refractivity contribution >= 4 is 28.8 Å². The Bertz CT molecular complexity index is 728. The van der Waals surface area contributed by atoms with Gasteiger partial charge in [-0.15, -0.1) is 11.3 Å². The van der Waals surface area contributed by atoms with E-state index in [1.165, 1.54) is 4.88 Å². The van der Waals surface area contributed by atoms with Crippen LogP contribution < -0.4 is 10.6 Å². The zero-order valence-corrected chi connectivity index (χ0v) is 14.1. The van der Waals surface area contributed by atoms with E-state index in [1.54, 1.807) is 23.5 Å². The molecule has 0 unspecified atom stereocenters. The second-order valence-corrected chi connectivity index (χ2v) is 6.99. The second kappa shape index (κ2) is 7.59. The third-order valence-corrected chi connectivity index (χ3v) is 5.06. The van der Waals surface area contributed by atoms with Crippen molar-refractivity contribution in [3.05, 3.63) is 51.7 Å². The summed E-state index contributed by atoms with van der Waals surface area (Å²) in [5.41, 5.74) is 2.43. The summed E-state index contributed by atoms with van der Waals surface area (Å²) >= 11 is 1.65. The van der Waals surface area contributed by atoms with Crippen LogP contribution in [0.2, 0.25) is 0 Å². The Labute approximate surface area is 144 Å². The fourth-order valence-electron chi connectivity index (χ4n) is 2.86. The molecule has 2 amide bonds. The van der Waals surface area contributed by atoms with Gasteiger partial charge in [0.25, 0.3) is 0 Å². The zero-order valence-electron chi connectivity index (χ0n) is 13.2. The molecule has 0 radical (unpaired) electrons. The number of anilines is 1. The Kier molecular flexibility index (Phi) is 5.27. The quantitative estimate of drug-likeness (QED) is 0.754. The van der Waals surface area contributed by atoms with Gasteiger partial charge >= 0.3 is 6.03 Å². The number of thiophene rings is 1. The van der Waals surface area contributed by atoms with E-state index in [9.17, 15) is 14.7 Å². The highest BCUT2D eigenvalue weighted by atomic mass is 32.1. The molecule has 1 heterocycles. The molecule has 0 spiro atoms. The van der Waals surface area contributed by atoms with Gasteiger partial charge in [0.15, 0.2) is 5.78 Å². The molecule has 0 saturated heterocycles. The monoisotopic (exact) mass is 344 g/mol. The van der Waals surface area contributed by atoms with Gasteiger partial charge in [-0.1, -0.05) is 6.07 Å². The predicted octanol–water partition coefficient (Wildman–Crippen LogP) is 2.85. The molecule has 126 valence electrons. The Hall–Kier alpha value is -2.18. The zero-order chi connectivity index (χ0) is 16.9. The van der Waals surface area contributed by atoms with E-state index in [0.29, 0.717) is 18.7 Å². The van der Waals surface area contributed by atoms with E-state index >= 15 is 0 Å². The fourth-order valence-corrected chi connectivity index (χ4v) is 3.68. The molecule has 1 aromatic carbocycles. The molecule has 1 aliphatic carbocycles. The van der Waals surface area contributed by atoms with Gasteiger partial charge in [-0.25, -0.2) is 4.79 Å². The van der Waals surface area contributed by atoms with E-state index < -0.39 is 0 Å². The standard InChI is InChI=1S/C18H20N2O3S/c21-11-12(8-15-2-1-7-24-15)10-19-18(23)20-14-4-5-16-13(9-14)3-6-17(16)22/h1-2,4-5,7,9,12,21H,3,6,8,10-11H2,(H2,19,20,23)/t12-/m0/s1. The van der Waals surface area contributed by atoms with Crippen molar-refractivity contribution in [1.82, 2.24) is 5.32 Å². The van der Waals surface area contributed by atoms with E-state index in [0.717, 1.165) is 24.0 Å². The van der Waals surface area contributed by atoms with Gasteiger partial charge in [-0.3, -0.25) is 4.79 Å². The lowest BCUT2D eigenvalue weighted by Crippen LogP contribution is -2.34. The van der Waals surface area contributed by atoms with Crippen molar-refractivity contribution in [1.29, 1.82) is 0 Å². The number of Topliss-reactive ketones (excluding diaryl/α,β-unsaturated/α-hetero) is 1. The molecule has 0 aliphatic heterocycles. The molecule has 2 aromatic rings. The lowest BCUT2D eigenvalue weighted by Gasteiger charge is -2.15. The van der Waals surface area contributed by atoms with E-state index in [2.05, 4.69) is 10.6 Å². The minimum absolute atomic E-state index is 0.00737. The van der Waals surface area contributed by atoms with Gasteiger partial charge in [0.1, 0.15) is 0 Å². The Morgan fingerprint density at radius 1 is 1.29 bits per heavy atom. The number of ketones is 1. The average Bonchev–Trinajstić information content (AvgIpc) is 3.21. The van der Waals surface area contributed by atoms with Crippen molar-refractivity contribution < 1.29 is 14.7 Å². The highest BCUT2D eigenvalue weighted by molar-refractivity contribution is 7.09. The number of rotatable bonds is 6. The number of nitrogens with one attached hydrogen (secondary N) is 2. The summed E-state index contributed by atoms with van der Waals surface area (Å²) in [5.74, 6) is 0.160. The molecule has 24 heavy (non-hydrogen) atoms. The minimum atomic E-state index is -0.302. The first-order chi connectivity index (χ1) is 11.7. The number of aliphatic hydroxyl groups excluding tert-OH is 1. The van der Waals surface area contributed by atoms with Crippen LogP contribution >= 0.6 is 11.3 Å². The molecule has 6 heteroatoms. The number of benzene rings is 1. The van der Waals surface area contributed by atoms with E-state index in [4.69, 9.17) is 0 Å². The maximum Gasteiger partial charge on any atom is 0.319 e. The van der Waals surface area contributed by atoms with Crippen LogP contribution in [-0.4, -0.2) is 30.1 Å². The number of aryl methyl sites for hydroxylation is 1. The highest BCUT2D eigenvalue weighted by Crippen LogP contribution is 2.25. The van der Waals surface area contributed by atoms with E-state index in [-0.39, 0.29) is 24.3 Å². The highest BCUT2D eigenvalue weighted by Gasteiger charge is 2.19. The maximum atomic E-state index is 12.0. The Balaban J connectivity index is 1.51. The number of carbonyl (C=O) groups excluding carboxylic acids is 2. The van der Waals surface area contributed by atoms with Gasteiger partial charge < -0.3 is 15.7 Å². The molecule has 0 saturated carbocycles. The first kappa shape index (κ1) is 16.7. The van der Waals surface area contributed by atoms with Gasteiger partial charge in [-0.2, -0.15) is 0 Å².